The van der Waals surface area contributed by atoms with Crippen molar-refractivity contribution in [2.24, 2.45) is 17.8 Å². The summed E-state index contributed by atoms with van der Waals surface area (Å²) in [5.74, 6) is 2.27. The summed E-state index contributed by atoms with van der Waals surface area (Å²) in [6, 6.07) is 0. The highest BCUT2D eigenvalue weighted by molar-refractivity contribution is 4.83. The second kappa shape index (κ2) is 5.96. The number of hydrogen-bond donors (Lipinski definition) is 0. The van der Waals surface area contributed by atoms with Gasteiger partial charge >= 0.3 is 0 Å². The highest BCUT2D eigenvalue weighted by Crippen LogP contribution is 2.35. The standard InChI is InChI=1S/C15H27N2O/c1-12(2)14-6-5-13(3)9-15(14)18-11-17-8-7-16(4)10-17/h8,12-15H,5-6,9-11H2,1-4H3/q-1/t13-,14+,15-/m0/s1. The summed E-state index contributed by atoms with van der Waals surface area (Å²) < 4.78 is 6.19. The Morgan fingerprint density at radius 3 is 2.78 bits per heavy atom. The highest BCUT2D eigenvalue weighted by Gasteiger charge is 2.31. The minimum Gasteiger partial charge on any atom is -0.540 e. The fourth-order valence-corrected chi connectivity index (χ4v) is 3.11. The minimum atomic E-state index is 0.438. The van der Waals surface area contributed by atoms with E-state index in [4.69, 9.17) is 4.74 Å². The first-order chi connectivity index (χ1) is 8.56. The summed E-state index contributed by atoms with van der Waals surface area (Å²) in [7, 11) is 2.04. The molecule has 0 bridgehead atoms. The molecule has 2 aliphatic rings. The van der Waals surface area contributed by atoms with Gasteiger partial charge in [-0.15, -0.1) is 0 Å². The number of hydrogen-bond acceptors (Lipinski definition) is 3. The van der Waals surface area contributed by atoms with E-state index in [1.54, 1.807) is 0 Å². The third-order valence-electron chi connectivity index (χ3n) is 4.27. The van der Waals surface area contributed by atoms with E-state index < -0.39 is 0 Å². The first kappa shape index (κ1) is 13.7. The van der Waals surface area contributed by atoms with Crippen LogP contribution in [0.5, 0.6) is 0 Å². The Morgan fingerprint density at radius 1 is 1.39 bits per heavy atom. The predicted molar refractivity (Wildman–Crippen MR) is 73.4 cm³/mol. The van der Waals surface area contributed by atoms with Gasteiger partial charge in [-0.05, 0) is 37.6 Å². The van der Waals surface area contributed by atoms with E-state index >= 15 is 0 Å². The molecule has 0 aromatic carbocycles. The maximum absolute atomic E-state index is 6.19. The molecule has 0 spiro atoms. The Labute approximate surface area is 112 Å². The minimum absolute atomic E-state index is 0.438. The van der Waals surface area contributed by atoms with Crippen molar-refractivity contribution in [3.8, 4) is 0 Å². The summed E-state index contributed by atoms with van der Waals surface area (Å²) >= 11 is 0. The first-order valence-electron chi connectivity index (χ1n) is 7.22. The van der Waals surface area contributed by atoms with E-state index in [0.29, 0.717) is 12.8 Å². The molecule has 0 unspecified atom stereocenters. The Balaban J connectivity index is 1.83. The second-order valence-electron chi connectivity index (χ2n) is 6.35. The Morgan fingerprint density at radius 2 is 2.17 bits per heavy atom. The van der Waals surface area contributed by atoms with E-state index in [1.807, 2.05) is 18.1 Å². The van der Waals surface area contributed by atoms with Crippen LogP contribution in [0.4, 0.5) is 0 Å². The lowest BCUT2D eigenvalue weighted by atomic mass is 9.75. The quantitative estimate of drug-likeness (QED) is 0.715. The molecular weight excluding hydrogens is 224 g/mol. The highest BCUT2D eigenvalue weighted by atomic mass is 16.5. The largest absolute Gasteiger partial charge is 0.540 e. The van der Waals surface area contributed by atoms with Crippen LogP contribution in [0.3, 0.4) is 0 Å². The van der Waals surface area contributed by atoms with E-state index in [1.165, 1.54) is 19.3 Å². The maximum atomic E-state index is 6.19. The van der Waals surface area contributed by atoms with E-state index in [-0.39, 0.29) is 0 Å². The fraction of sp³-hybridized carbons (Fsp3) is 0.867. The van der Waals surface area contributed by atoms with Crippen LogP contribution in [0.15, 0.2) is 6.20 Å². The van der Waals surface area contributed by atoms with Crippen LogP contribution in [0.25, 0.3) is 0 Å². The van der Waals surface area contributed by atoms with Gasteiger partial charge in [0.05, 0.1) is 12.8 Å². The van der Waals surface area contributed by atoms with Crippen LogP contribution in [-0.2, 0) is 4.74 Å². The summed E-state index contributed by atoms with van der Waals surface area (Å²) in [4.78, 5) is 4.23. The van der Waals surface area contributed by atoms with Crippen molar-refractivity contribution in [2.45, 2.75) is 46.1 Å². The fourth-order valence-electron chi connectivity index (χ4n) is 3.11. The average molecular weight is 251 g/mol. The zero-order chi connectivity index (χ0) is 13.1. The Bertz CT molecular complexity index is 290. The lowest BCUT2D eigenvalue weighted by Crippen LogP contribution is -2.37. The van der Waals surface area contributed by atoms with Crippen molar-refractivity contribution in [1.82, 2.24) is 9.80 Å². The lowest BCUT2D eigenvalue weighted by Gasteiger charge is -2.38. The molecule has 0 amide bonds. The van der Waals surface area contributed by atoms with Gasteiger partial charge in [-0.25, -0.2) is 0 Å². The van der Waals surface area contributed by atoms with Crippen molar-refractivity contribution in [1.29, 1.82) is 0 Å². The van der Waals surface area contributed by atoms with Crippen LogP contribution in [0, 0.1) is 24.0 Å². The van der Waals surface area contributed by atoms with Crippen LogP contribution in [-0.4, -0.2) is 36.4 Å². The van der Waals surface area contributed by atoms with Gasteiger partial charge in [0, 0.05) is 0 Å². The molecule has 3 atom stereocenters. The predicted octanol–water partition coefficient (Wildman–Crippen LogP) is 2.90. The first-order valence-corrected chi connectivity index (χ1v) is 7.22. The molecule has 2 rings (SSSR count). The molecule has 0 aromatic rings. The Kier molecular flexibility index (Phi) is 4.55. The van der Waals surface area contributed by atoms with E-state index in [0.717, 1.165) is 24.4 Å². The van der Waals surface area contributed by atoms with Crippen molar-refractivity contribution in [3.05, 3.63) is 12.4 Å². The van der Waals surface area contributed by atoms with Gasteiger partial charge in [-0.1, -0.05) is 27.2 Å². The molecule has 1 heterocycles. The molecule has 1 aliphatic carbocycles. The molecule has 0 radical (unpaired) electrons. The molecule has 104 valence electrons. The second-order valence-corrected chi connectivity index (χ2v) is 6.35. The monoisotopic (exact) mass is 251 g/mol. The van der Waals surface area contributed by atoms with E-state index in [9.17, 15) is 0 Å². The van der Waals surface area contributed by atoms with E-state index in [2.05, 4.69) is 31.9 Å². The molecule has 18 heavy (non-hydrogen) atoms. The summed E-state index contributed by atoms with van der Waals surface area (Å²) in [5, 5.41) is 0. The Hall–Kier alpha value is -0.700. The van der Waals surface area contributed by atoms with Gasteiger partial charge in [0.1, 0.15) is 6.73 Å². The molecule has 0 N–H and O–H groups in total. The molecule has 3 nitrogen and oxygen atoms in total. The molecule has 3 heteroatoms. The molecule has 1 saturated carbocycles. The van der Waals surface area contributed by atoms with Crippen LogP contribution in [0.2, 0.25) is 0 Å². The SMILES string of the molecule is CC(C)[C@H]1CC[C@H](C)C[C@@H]1OCN1C=[C-]N(C)C1. The van der Waals surface area contributed by atoms with Crippen LogP contribution >= 0.6 is 0 Å². The molecular formula is C15H27N2O-. The zero-order valence-electron chi connectivity index (χ0n) is 12.2. The number of nitrogens with zero attached hydrogens (tertiary/aromatic N) is 2. The van der Waals surface area contributed by atoms with Gasteiger partial charge in [-0.2, -0.15) is 6.20 Å². The van der Waals surface area contributed by atoms with Crippen molar-refractivity contribution >= 4 is 0 Å². The summed E-state index contributed by atoms with van der Waals surface area (Å²) in [6.07, 6.45) is 9.50. The smallest absolute Gasteiger partial charge is 0.117 e. The molecule has 1 fully saturated rings. The third-order valence-corrected chi connectivity index (χ3v) is 4.27. The van der Waals surface area contributed by atoms with Crippen molar-refractivity contribution in [3.63, 3.8) is 0 Å². The normalized spacial score (nSPS) is 32.6. The number of ether oxygens (including phenoxy) is 1. The van der Waals surface area contributed by atoms with Gasteiger partial charge in [0.15, 0.2) is 0 Å². The number of rotatable bonds is 4. The van der Waals surface area contributed by atoms with Crippen LogP contribution in [0.1, 0.15) is 40.0 Å². The van der Waals surface area contributed by atoms with Gasteiger partial charge in [-0.3, -0.25) is 0 Å². The maximum Gasteiger partial charge on any atom is 0.117 e. The molecule has 0 aromatic heterocycles. The topological polar surface area (TPSA) is 15.7 Å². The molecule has 1 aliphatic heterocycles. The van der Waals surface area contributed by atoms with Gasteiger partial charge in [0.25, 0.3) is 0 Å². The van der Waals surface area contributed by atoms with Crippen LogP contribution < -0.4 is 0 Å². The third kappa shape index (κ3) is 3.41. The van der Waals surface area contributed by atoms with Gasteiger partial charge in [0.2, 0.25) is 0 Å². The lowest BCUT2D eigenvalue weighted by molar-refractivity contribution is -0.0730. The summed E-state index contributed by atoms with van der Waals surface area (Å²) in [6.45, 7) is 8.61. The molecule has 0 saturated heterocycles. The van der Waals surface area contributed by atoms with Gasteiger partial charge < -0.3 is 20.7 Å². The average Bonchev–Trinajstić information content (AvgIpc) is 2.72. The van der Waals surface area contributed by atoms with Crippen molar-refractivity contribution < 1.29 is 4.74 Å². The zero-order valence-corrected chi connectivity index (χ0v) is 12.2. The van der Waals surface area contributed by atoms with Crippen molar-refractivity contribution in [2.75, 3.05) is 20.4 Å². The summed E-state index contributed by atoms with van der Waals surface area (Å²) in [5.41, 5.74) is 0.